The van der Waals surface area contributed by atoms with Gasteiger partial charge < -0.3 is 9.53 Å². The summed E-state index contributed by atoms with van der Waals surface area (Å²) in [6.45, 7) is 13.0. The third kappa shape index (κ3) is 3.92. The Labute approximate surface area is 135 Å². The highest BCUT2D eigenvalue weighted by Crippen LogP contribution is 2.43. The molecule has 5 heteroatoms. The number of carboxylic acid groups (broad SMARTS) is 1. The summed E-state index contributed by atoms with van der Waals surface area (Å²) in [4.78, 5) is 23.7. The summed E-state index contributed by atoms with van der Waals surface area (Å²) in [6, 6.07) is 0. The van der Waals surface area contributed by atoms with Gasteiger partial charge in [-0.05, 0) is 42.3 Å². The lowest BCUT2D eigenvalue weighted by atomic mass is 9.82. The average Bonchev–Trinajstić information content (AvgIpc) is 2.43. The van der Waals surface area contributed by atoms with Crippen LogP contribution in [0.5, 0.6) is 0 Å². The number of carboxylic acids is 1. The van der Waals surface area contributed by atoms with Crippen molar-refractivity contribution in [2.24, 2.45) is 11.8 Å². The zero-order chi connectivity index (χ0) is 17.1. The Bertz CT molecular complexity index is 374. The zero-order valence-electron chi connectivity index (χ0n) is 14.9. The molecule has 0 amide bonds. The molecule has 0 atom stereocenters. The normalized spacial score (nSPS) is 23.1. The fourth-order valence-electron chi connectivity index (χ4n) is 4.19. The van der Waals surface area contributed by atoms with E-state index < -0.39 is 14.3 Å². The number of aliphatic carboxylic acids is 1. The predicted octanol–water partition coefficient (Wildman–Crippen LogP) is 4.60. The molecule has 0 aromatic rings. The van der Waals surface area contributed by atoms with Gasteiger partial charge in [-0.25, -0.2) is 0 Å². The molecule has 0 unspecified atom stereocenters. The highest BCUT2D eigenvalue weighted by molar-refractivity contribution is 6.78. The van der Waals surface area contributed by atoms with Crippen LogP contribution in [0.25, 0.3) is 0 Å². The molecule has 0 saturated heterocycles. The number of carbonyl (C=O) groups is 2. The van der Waals surface area contributed by atoms with E-state index in [1.807, 2.05) is 0 Å². The van der Waals surface area contributed by atoms with Crippen molar-refractivity contribution in [2.45, 2.75) is 83.8 Å². The maximum absolute atomic E-state index is 12.7. The molecule has 4 nitrogen and oxygen atoms in total. The first kappa shape index (κ1) is 19.2. The predicted molar refractivity (Wildman–Crippen MR) is 90.2 cm³/mol. The van der Waals surface area contributed by atoms with Crippen LogP contribution in [-0.2, 0) is 14.0 Å². The van der Waals surface area contributed by atoms with Gasteiger partial charge in [-0.3, -0.25) is 9.59 Å². The van der Waals surface area contributed by atoms with E-state index in [0.717, 1.165) is 0 Å². The van der Waals surface area contributed by atoms with Crippen LogP contribution in [0.1, 0.15) is 67.2 Å². The van der Waals surface area contributed by atoms with Crippen LogP contribution in [0.15, 0.2) is 0 Å². The van der Waals surface area contributed by atoms with Gasteiger partial charge in [0.1, 0.15) is 0 Å². The SMILES string of the molecule is CC(C)[Si](OC(=O)C1CCC(C(=O)O)CC1)(C(C)C)C(C)C. The summed E-state index contributed by atoms with van der Waals surface area (Å²) < 4.78 is 6.21. The standard InChI is InChI=1S/C17H32O4Si/c1-11(2)22(12(3)4,13(5)6)21-17(20)15-9-7-14(8-10-15)16(18)19/h11-15H,7-10H2,1-6H3,(H,18,19). The van der Waals surface area contributed by atoms with E-state index in [9.17, 15) is 9.59 Å². The number of carbonyl (C=O) groups excluding carboxylic acids is 1. The van der Waals surface area contributed by atoms with E-state index >= 15 is 0 Å². The van der Waals surface area contributed by atoms with Crippen molar-refractivity contribution >= 4 is 20.3 Å². The molecule has 0 aromatic heterocycles. The van der Waals surface area contributed by atoms with E-state index in [-0.39, 0.29) is 17.8 Å². The molecule has 1 saturated carbocycles. The molecule has 1 aliphatic rings. The van der Waals surface area contributed by atoms with Crippen molar-refractivity contribution in [1.29, 1.82) is 0 Å². The Morgan fingerprint density at radius 2 is 1.23 bits per heavy atom. The Hall–Kier alpha value is -0.843. The smallest absolute Gasteiger partial charge is 0.306 e. The number of rotatable bonds is 6. The van der Waals surface area contributed by atoms with Crippen molar-refractivity contribution in [2.75, 3.05) is 0 Å². The first-order valence-corrected chi connectivity index (χ1v) is 10.7. The number of hydrogen-bond acceptors (Lipinski definition) is 3. The minimum atomic E-state index is -2.18. The average molecular weight is 329 g/mol. The van der Waals surface area contributed by atoms with Crippen LogP contribution < -0.4 is 0 Å². The summed E-state index contributed by atoms with van der Waals surface area (Å²) in [7, 11) is -2.18. The lowest BCUT2D eigenvalue weighted by Gasteiger charge is -2.42. The van der Waals surface area contributed by atoms with Crippen molar-refractivity contribution in [3.63, 3.8) is 0 Å². The summed E-state index contributed by atoms with van der Waals surface area (Å²) >= 11 is 0. The van der Waals surface area contributed by atoms with E-state index in [1.165, 1.54) is 0 Å². The molecule has 1 aliphatic carbocycles. The van der Waals surface area contributed by atoms with E-state index in [2.05, 4.69) is 41.5 Å². The highest BCUT2D eigenvalue weighted by atomic mass is 28.4. The van der Waals surface area contributed by atoms with Gasteiger partial charge in [-0.15, -0.1) is 0 Å². The van der Waals surface area contributed by atoms with Crippen molar-refractivity contribution in [3.05, 3.63) is 0 Å². The van der Waals surface area contributed by atoms with Crippen LogP contribution >= 0.6 is 0 Å². The van der Waals surface area contributed by atoms with Gasteiger partial charge in [0.2, 0.25) is 0 Å². The molecule has 128 valence electrons. The third-order valence-corrected chi connectivity index (χ3v) is 11.4. The van der Waals surface area contributed by atoms with Crippen molar-refractivity contribution < 1.29 is 19.1 Å². The maximum atomic E-state index is 12.7. The molecule has 0 radical (unpaired) electrons. The first-order chi connectivity index (χ1) is 10.1. The van der Waals surface area contributed by atoms with Gasteiger partial charge in [-0.2, -0.15) is 0 Å². The molecular formula is C17H32O4Si. The van der Waals surface area contributed by atoms with Gasteiger partial charge in [0.05, 0.1) is 11.8 Å². The van der Waals surface area contributed by atoms with Gasteiger partial charge in [0, 0.05) is 0 Å². The zero-order valence-corrected chi connectivity index (χ0v) is 15.9. The first-order valence-electron chi connectivity index (χ1n) is 8.58. The lowest BCUT2D eigenvalue weighted by Crippen LogP contribution is -2.50. The Morgan fingerprint density at radius 3 is 1.55 bits per heavy atom. The summed E-state index contributed by atoms with van der Waals surface area (Å²) in [6.07, 6.45) is 2.48. The van der Waals surface area contributed by atoms with E-state index in [0.29, 0.717) is 42.3 Å². The molecule has 1 rings (SSSR count). The van der Waals surface area contributed by atoms with Crippen LogP contribution in [0.4, 0.5) is 0 Å². The second-order valence-electron chi connectivity index (χ2n) is 7.63. The minimum absolute atomic E-state index is 0.0772. The summed E-state index contributed by atoms with van der Waals surface area (Å²) in [5, 5.41) is 9.06. The maximum Gasteiger partial charge on any atom is 0.306 e. The monoisotopic (exact) mass is 328 g/mol. The topological polar surface area (TPSA) is 63.6 Å². The van der Waals surface area contributed by atoms with Gasteiger partial charge in [-0.1, -0.05) is 41.5 Å². The number of hydrogen-bond donors (Lipinski definition) is 1. The molecule has 1 N–H and O–H groups in total. The second-order valence-corrected chi connectivity index (χ2v) is 13.0. The van der Waals surface area contributed by atoms with Crippen molar-refractivity contribution in [1.82, 2.24) is 0 Å². The van der Waals surface area contributed by atoms with E-state index in [4.69, 9.17) is 9.53 Å². The van der Waals surface area contributed by atoms with Gasteiger partial charge >= 0.3 is 5.97 Å². The van der Waals surface area contributed by atoms with Gasteiger partial charge in [0.25, 0.3) is 14.3 Å². The van der Waals surface area contributed by atoms with Crippen LogP contribution in [0.2, 0.25) is 16.6 Å². The van der Waals surface area contributed by atoms with Crippen LogP contribution in [-0.4, -0.2) is 25.4 Å². The van der Waals surface area contributed by atoms with E-state index in [1.54, 1.807) is 0 Å². The Balaban J connectivity index is 2.79. The van der Waals surface area contributed by atoms with Crippen molar-refractivity contribution in [3.8, 4) is 0 Å². The van der Waals surface area contributed by atoms with Crippen LogP contribution in [0.3, 0.4) is 0 Å². The third-order valence-electron chi connectivity index (χ3n) is 5.39. The highest BCUT2D eigenvalue weighted by Gasteiger charge is 2.49. The molecule has 0 aliphatic heterocycles. The fourth-order valence-corrected chi connectivity index (χ4v) is 9.41. The van der Waals surface area contributed by atoms with Gasteiger partial charge in [0.15, 0.2) is 0 Å². The molecular weight excluding hydrogens is 296 g/mol. The largest absolute Gasteiger partial charge is 0.518 e. The minimum Gasteiger partial charge on any atom is -0.518 e. The quantitative estimate of drug-likeness (QED) is 0.724. The molecule has 0 aromatic carbocycles. The Kier molecular flexibility index (Phi) is 6.65. The lowest BCUT2D eigenvalue weighted by molar-refractivity contribution is -0.147. The fraction of sp³-hybridized carbons (Fsp3) is 0.882. The molecule has 0 bridgehead atoms. The Morgan fingerprint density at radius 1 is 0.864 bits per heavy atom. The molecule has 22 heavy (non-hydrogen) atoms. The second kappa shape index (κ2) is 7.62. The molecule has 1 fully saturated rings. The molecule has 0 heterocycles. The summed E-state index contributed by atoms with van der Waals surface area (Å²) in [5.74, 6) is -1.21. The summed E-state index contributed by atoms with van der Waals surface area (Å²) in [5.41, 5.74) is 1.14. The van der Waals surface area contributed by atoms with Crippen LogP contribution in [0, 0.1) is 11.8 Å². The molecule has 0 spiro atoms.